The minimum absolute atomic E-state index is 0.536. The van der Waals surface area contributed by atoms with Gasteiger partial charge in [-0.2, -0.15) is 0 Å². The molecule has 1 N–H and O–H groups in total. The second kappa shape index (κ2) is 5.14. The number of hydrogen-bond acceptors (Lipinski definition) is 4. The molecule has 0 spiro atoms. The third kappa shape index (κ3) is 2.35. The molecule has 0 radical (unpaired) electrons. The van der Waals surface area contributed by atoms with Crippen molar-refractivity contribution in [3.8, 4) is 0 Å². The molecule has 0 bridgehead atoms. The minimum Gasteiger partial charge on any atom is -0.381 e. The third-order valence-electron chi connectivity index (χ3n) is 3.85. The van der Waals surface area contributed by atoms with Crippen molar-refractivity contribution in [3.05, 3.63) is 12.2 Å². The van der Waals surface area contributed by atoms with E-state index in [-0.39, 0.29) is 0 Å². The molecule has 3 heterocycles. The molecule has 2 aliphatic rings. The predicted molar refractivity (Wildman–Crippen MR) is 64.0 cm³/mol. The van der Waals surface area contributed by atoms with Crippen molar-refractivity contribution in [1.82, 2.24) is 20.1 Å². The summed E-state index contributed by atoms with van der Waals surface area (Å²) in [4.78, 5) is 0. The van der Waals surface area contributed by atoms with Gasteiger partial charge in [-0.3, -0.25) is 0 Å². The summed E-state index contributed by atoms with van der Waals surface area (Å²) in [6, 6.07) is 0.538. The number of aromatic nitrogens is 3. The van der Waals surface area contributed by atoms with Gasteiger partial charge in [-0.1, -0.05) is 0 Å². The number of ether oxygens (including phenoxy) is 1. The first kappa shape index (κ1) is 11.2. The van der Waals surface area contributed by atoms with Gasteiger partial charge in [0.1, 0.15) is 12.2 Å². The smallest absolute Gasteiger partial charge is 0.137 e. The van der Waals surface area contributed by atoms with Gasteiger partial charge >= 0.3 is 0 Å². The van der Waals surface area contributed by atoms with Gasteiger partial charge in [0.15, 0.2) is 0 Å². The summed E-state index contributed by atoms with van der Waals surface area (Å²) in [5.74, 6) is 1.71. The Kier molecular flexibility index (Phi) is 3.38. The van der Waals surface area contributed by atoms with Crippen LogP contribution in [0.15, 0.2) is 6.33 Å². The summed E-state index contributed by atoms with van der Waals surface area (Å²) in [5, 5.41) is 11.9. The summed E-state index contributed by atoms with van der Waals surface area (Å²) >= 11 is 0. The van der Waals surface area contributed by atoms with Crippen LogP contribution >= 0.6 is 0 Å². The molecule has 5 heteroatoms. The Morgan fingerprint density at radius 3 is 2.94 bits per heavy atom. The highest BCUT2D eigenvalue weighted by atomic mass is 16.5. The molecule has 17 heavy (non-hydrogen) atoms. The Hall–Kier alpha value is -0.940. The molecule has 1 unspecified atom stereocenters. The van der Waals surface area contributed by atoms with Crippen LogP contribution < -0.4 is 5.32 Å². The van der Waals surface area contributed by atoms with Gasteiger partial charge in [0.25, 0.3) is 0 Å². The van der Waals surface area contributed by atoms with Crippen LogP contribution in [0.25, 0.3) is 0 Å². The standard InChI is InChI=1S/C12H20N4O/c1-2-10(8-13-5-1)12-15-14-9-16(12)11-3-6-17-7-4-11/h9-11,13H,1-8H2. The highest BCUT2D eigenvalue weighted by molar-refractivity contribution is 5.01. The Morgan fingerprint density at radius 1 is 1.29 bits per heavy atom. The van der Waals surface area contributed by atoms with Crippen molar-refractivity contribution in [2.75, 3.05) is 26.3 Å². The molecule has 2 saturated heterocycles. The molecule has 5 nitrogen and oxygen atoms in total. The lowest BCUT2D eigenvalue weighted by Crippen LogP contribution is -2.31. The average molecular weight is 236 g/mol. The maximum Gasteiger partial charge on any atom is 0.137 e. The minimum atomic E-state index is 0.536. The van der Waals surface area contributed by atoms with E-state index in [2.05, 4.69) is 20.1 Å². The molecule has 2 aliphatic heterocycles. The lowest BCUT2D eigenvalue weighted by atomic mass is 9.98. The van der Waals surface area contributed by atoms with Crippen LogP contribution in [-0.2, 0) is 4.74 Å². The van der Waals surface area contributed by atoms with Crippen LogP contribution in [0.3, 0.4) is 0 Å². The van der Waals surface area contributed by atoms with Crippen molar-refractivity contribution < 1.29 is 4.74 Å². The van der Waals surface area contributed by atoms with E-state index in [0.717, 1.165) is 39.1 Å². The van der Waals surface area contributed by atoms with E-state index < -0.39 is 0 Å². The van der Waals surface area contributed by atoms with Crippen LogP contribution in [0.2, 0.25) is 0 Å². The lowest BCUT2D eigenvalue weighted by molar-refractivity contribution is 0.0683. The fourth-order valence-electron chi connectivity index (χ4n) is 2.86. The van der Waals surface area contributed by atoms with Crippen LogP contribution in [0.1, 0.15) is 43.5 Å². The molecular weight excluding hydrogens is 216 g/mol. The van der Waals surface area contributed by atoms with Gasteiger partial charge in [-0.15, -0.1) is 10.2 Å². The van der Waals surface area contributed by atoms with Gasteiger partial charge in [0.2, 0.25) is 0 Å². The average Bonchev–Trinajstić information content (AvgIpc) is 2.90. The molecule has 0 aromatic carbocycles. The quantitative estimate of drug-likeness (QED) is 0.835. The van der Waals surface area contributed by atoms with E-state index in [1.54, 1.807) is 0 Å². The fraction of sp³-hybridized carbons (Fsp3) is 0.833. The predicted octanol–water partition coefficient (Wildman–Crippen LogP) is 1.10. The number of piperidine rings is 1. The summed E-state index contributed by atoms with van der Waals surface area (Å²) in [5.41, 5.74) is 0. The molecule has 0 saturated carbocycles. The molecule has 1 aromatic rings. The Labute approximate surface area is 102 Å². The van der Waals surface area contributed by atoms with E-state index in [1.165, 1.54) is 18.7 Å². The monoisotopic (exact) mass is 236 g/mol. The van der Waals surface area contributed by atoms with E-state index in [9.17, 15) is 0 Å². The molecule has 1 atom stereocenters. The third-order valence-corrected chi connectivity index (χ3v) is 3.85. The second-order valence-corrected chi connectivity index (χ2v) is 4.98. The summed E-state index contributed by atoms with van der Waals surface area (Å²) in [7, 11) is 0. The van der Waals surface area contributed by atoms with Crippen LogP contribution in [-0.4, -0.2) is 41.1 Å². The highest BCUT2D eigenvalue weighted by Crippen LogP contribution is 2.27. The van der Waals surface area contributed by atoms with Crippen molar-refractivity contribution in [3.63, 3.8) is 0 Å². The SMILES string of the molecule is c1nnc(C2CCCNC2)n1C1CCOCC1. The van der Waals surface area contributed by atoms with Gasteiger partial charge < -0.3 is 14.6 Å². The van der Waals surface area contributed by atoms with Crippen LogP contribution in [0, 0.1) is 0 Å². The van der Waals surface area contributed by atoms with E-state index in [4.69, 9.17) is 4.74 Å². The van der Waals surface area contributed by atoms with Gasteiger partial charge in [0.05, 0.1) is 0 Å². The normalized spacial score (nSPS) is 27.2. The fourth-order valence-corrected chi connectivity index (χ4v) is 2.86. The van der Waals surface area contributed by atoms with Gasteiger partial charge in [0, 0.05) is 31.7 Å². The number of nitrogens with one attached hydrogen (secondary N) is 1. The second-order valence-electron chi connectivity index (χ2n) is 4.98. The summed E-state index contributed by atoms with van der Waals surface area (Å²) in [6.45, 7) is 3.92. The Bertz CT molecular complexity index is 321. The Morgan fingerprint density at radius 2 is 2.18 bits per heavy atom. The molecule has 0 aliphatic carbocycles. The van der Waals surface area contributed by atoms with Crippen LogP contribution in [0.4, 0.5) is 0 Å². The first-order chi connectivity index (χ1) is 8.45. The highest BCUT2D eigenvalue weighted by Gasteiger charge is 2.25. The van der Waals surface area contributed by atoms with Gasteiger partial charge in [-0.05, 0) is 32.2 Å². The Balaban J connectivity index is 1.77. The van der Waals surface area contributed by atoms with E-state index in [0.29, 0.717) is 12.0 Å². The topological polar surface area (TPSA) is 52.0 Å². The molecular formula is C12H20N4O. The zero-order valence-electron chi connectivity index (χ0n) is 10.1. The number of rotatable bonds is 2. The van der Waals surface area contributed by atoms with E-state index >= 15 is 0 Å². The largest absolute Gasteiger partial charge is 0.381 e. The van der Waals surface area contributed by atoms with Crippen molar-refractivity contribution in [2.24, 2.45) is 0 Å². The first-order valence-electron chi connectivity index (χ1n) is 6.63. The van der Waals surface area contributed by atoms with Gasteiger partial charge in [-0.25, -0.2) is 0 Å². The molecule has 0 amide bonds. The maximum absolute atomic E-state index is 5.42. The van der Waals surface area contributed by atoms with E-state index in [1.807, 2.05) is 6.33 Å². The first-order valence-corrected chi connectivity index (χ1v) is 6.63. The van der Waals surface area contributed by atoms with Crippen molar-refractivity contribution in [1.29, 1.82) is 0 Å². The zero-order chi connectivity index (χ0) is 11.5. The molecule has 2 fully saturated rings. The molecule has 94 valence electrons. The number of hydrogen-bond donors (Lipinski definition) is 1. The summed E-state index contributed by atoms with van der Waals surface area (Å²) in [6.07, 6.45) is 6.55. The maximum atomic E-state index is 5.42. The zero-order valence-corrected chi connectivity index (χ0v) is 10.1. The molecule has 3 rings (SSSR count). The number of nitrogens with zero attached hydrogens (tertiary/aromatic N) is 3. The van der Waals surface area contributed by atoms with Crippen molar-refractivity contribution >= 4 is 0 Å². The van der Waals surface area contributed by atoms with Crippen LogP contribution in [0.5, 0.6) is 0 Å². The lowest BCUT2D eigenvalue weighted by Gasteiger charge is -2.28. The van der Waals surface area contributed by atoms with Crippen molar-refractivity contribution in [2.45, 2.75) is 37.6 Å². The molecule has 1 aromatic heterocycles. The summed E-state index contributed by atoms with van der Waals surface area (Å²) < 4.78 is 7.71.